The van der Waals surface area contributed by atoms with Gasteiger partial charge in [0, 0.05) is 19.6 Å². The summed E-state index contributed by atoms with van der Waals surface area (Å²) in [6.45, 7) is 2.90. The smallest absolute Gasteiger partial charge is 0.410 e. The first-order chi connectivity index (χ1) is 13.2. The summed E-state index contributed by atoms with van der Waals surface area (Å²) in [4.78, 5) is 14.7. The predicted octanol–water partition coefficient (Wildman–Crippen LogP) is 2.90. The molecule has 0 bridgehead atoms. The van der Waals surface area contributed by atoms with Crippen LogP contribution >= 0.6 is 0 Å². The van der Waals surface area contributed by atoms with Crippen LogP contribution in [0, 0.1) is 5.82 Å². The van der Waals surface area contributed by atoms with Crippen molar-refractivity contribution >= 4 is 6.09 Å². The number of carbonyl (C=O) groups excluding carboxylic acids is 1. The largest absolute Gasteiger partial charge is 0.442 e. The van der Waals surface area contributed by atoms with E-state index < -0.39 is 0 Å². The van der Waals surface area contributed by atoms with Crippen LogP contribution in [0.4, 0.5) is 9.18 Å². The minimum atomic E-state index is -0.365. The molecule has 6 heteroatoms. The van der Waals surface area contributed by atoms with Crippen molar-refractivity contribution in [3.63, 3.8) is 0 Å². The fraction of sp³-hybridized carbons (Fsp3) is 0.381. The van der Waals surface area contributed by atoms with Crippen LogP contribution in [0.25, 0.3) is 0 Å². The molecule has 0 unspecified atom stereocenters. The highest BCUT2D eigenvalue weighted by Gasteiger charge is 2.34. The molecule has 0 radical (unpaired) electrons. The van der Waals surface area contributed by atoms with Gasteiger partial charge >= 0.3 is 6.09 Å². The third-order valence-electron chi connectivity index (χ3n) is 5.07. The molecule has 1 saturated heterocycles. The number of benzene rings is 2. The predicted molar refractivity (Wildman–Crippen MR) is 99.1 cm³/mol. The molecule has 5 nitrogen and oxygen atoms in total. The second-order valence-corrected chi connectivity index (χ2v) is 6.88. The number of ether oxygens (including phenoxy) is 2. The van der Waals surface area contributed by atoms with Gasteiger partial charge in [0.15, 0.2) is 0 Å². The number of halogens is 1. The Labute approximate surface area is 158 Å². The van der Waals surface area contributed by atoms with E-state index in [4.69, 9.17) is 9.47 Å². The van der Waals surface area contributed by atoms with Crippen LogP contribution in [0.3, 0.4) is 0 Å². The van der Waals surface area contributed by atoms with Crippen molar-refractivity contribution in [2.24, 2.45) is 0 Å². The summed E-state index contributed by atoms with van der Waals surface area (Å²) < 4.78 is 24.6. The topological polar surface area (TPSA) is 50.8 Å². The number of hydrogen-bond acceptors (Lipinski definition) is 4. The van der Waals surface area contributed by atoms with E-state index in [-0.39, 0.29) is 24.1 Å². The molecule has 27 heavy (non-hydrogen) atoms. The van der Waals surface area contributed by atoms with E-state index in [0.717, 1.165) is 24.1 Å². The summed E-state index contributed by atoms with van der Waals surface area (Å²) >= 11 is 0. The molecule has 0 spiro atoms. The van der Waals surface area contributed by atoms with E-state index in [0.29, 0.717) is 26.3 Å². The van der Waals surface area contributed by atoms with Crippen LogP contribution in [0.15, 0.2) is 48.5 Å². The van der Waals surface area contributed by atoms with Crippen molar-refractivity contribution in [3.8, 4) is 0 Å². The lowest BCUT2D eigenvalue weighted by atomic mass is 9.88. The molecule has 142 valence electrons. The van der Waals surface area contributed by atoms with Crippen LogP contribution in [0.2, 0.25) is 0 Å². The van der Waals surface area contributed by atoms with E-state index in [2.05, 4.69) is 11.4 Å². The third-order valence-corrected chi connectivity index (χ3v) is 5.07. The zero-order valence-corrected chi connectivity index (χ0v) is 15.1. The van der Waals surface area contributed by atoms with Gasteiger partial charge < -0.3 is 14.8 Å². The summed E-state index contributed by atoms with van der Waals surface area (Å²) in [5, 5.41) is 3.21. The fourth-order valence-electron chi connectivity index (χ4n) is 3.73. The molecule has 1 fully saturated rings. The Morgan fingerprint density at radius 2 is 2.00 bits per heavy atom. The van der Waals surface area contributed by atoms with Crippen LogP contribution in [-0.2, 0) is 15.9 Å². The lowest BCUT2D eigenvalue weighted by Gasteiger charge is -2.37. The molecule has 0 aromatic heterocycles. The van der Waals surface area contributed by atoms with E-state index in [1.54, 1.807) is 17.0 Å². The Hall–Kier alpha value is -2.44. The summed E-state index contributed by atoms with van der Waals surface area (Å²) in [5.41, 5.74) is 3.13. The van der Waals surface area contributed by atoms with Crippen molar-refractivity contribution in [1.29, 1.82) is 0 Å². The maximum Gasteiger partial charge on any atom is 0.410 e. The monoisotopic (exact) mass is 370 g/mol. The minimum absolute atomic E-state index is 0.289. The van der Waals surface area contributed by atoms with Gasteiger partial charge in [0.25, 0.3) is 0 Å². The zero-order valence-electron chi connectivity index (χ0n) is 15.1. The molecule has 0 aliphatic carbocycles. The van der Waals surface area contributed by atoms with Gasteiger partial charge in [-0.2, -0.15) is 0 Å². The summed E-state index contributed by atoms with van der Waals surface area (Å²) in [7, 11) is 0. The van der Waals surface area contributed by atoms with Crippen LogP contribution in [0.1, 0.15) is 22.7 Å². The average molecular weight is 370 g/mol. The molecule has 2 aromatic rings. The van der Waals surface area contributed by atoms with Gasteiger partial charge in [-0.3, -0.25) is 4.90 Å². The van der Waals surface area contributed by atoms with Gasteiger partial charge in [0.2, 0.25) is 0 Å². The number of carbonyl (C=O) groups is 1. The van der Waals surface area contributed by atoms with Crippen LogP contribution < -0.4 is 5.32 Å². The van der Waals surface area contributed by atoms with E-state index in [1.807, 2.05) is 18.2 Å². The molecule has 2 aromatic carbocycles. The quantitative estimate of drug-likeness (QED) is 0.883. The molecule has 4 rings (SSSR count). The number of nitrogens with one attached hydrogen (secondary N) is 1. The third kappa shape index (κ3) is 3.96. The van der Waals surface area contributed by atoms with Crippen LogP contribution in [-0.4, -0.2) is 49.9 Å². The Kier molecular flexibility index (Phi) is 5.36. The highest BCUT2D eigenvalue weighted by atomic mass is 19.1. The molecular weight excluding hydrogens is 347 g/mol. The highest BCUT2D eigenvalue weighted by molar-refractivity contribution is 5.70. The number of amides is 1. The Morgan fingerprint density at radius 3 is 2.85 bits per heavy atom. The van der Waals surface area contributed by atoms with E-state index >= 15 is 0 Å². The summed E-state index contributed by atoms with van der Waals surface area (Å²) in [5.74, 6) is -0.293. The van der Waals surface area contributed by atoms with Crippen molar-refractivity contribution in [1.82, 2.24) is 10.2 Å². The number of fused-ring (bicyclic) bond motifs is 1. The van der Waals surface area contributed by atoms with E-state index in [1.165, 1.54) is 17.7 Å². The second-order valence-electron chi connectivity index (χ2n) is 6.88. The maximum atomic E-state index is 13.4. The number of rotatable bonds is 2. The first-order valence-corrected chi connectivity index (χ1v) is 9.31. The first kappa shape index (κ1) is 17.9. The Bertz CT molecular complexity index is 788. The maximum absolute atomic E-state index is 13.4. The molecule has 2 aliphatic rings. The molecule has 1 amide bonds. The van der Waals surface area contributed by atoms with Gasteiger partial charge in [0.1, 0.15) is 11.9 Å². The molecule has 0 saturated carbocycles. The average Bonchev–Trinajstić information content (AvgIpc) is 2.96. The van der Waals surface area contributed by atoms with Gasteiger partial charge in [-0.25, -0.2) is 9.18 Å². The van der Waals surface area contributed by atoms with Gasteiger partial charge in [0.05, 0.1) is 19.3 Å². The first-order valence-electron chi connectivity index (χ1n) is 9.31. The summed E-state index contributed by atoms with van der Waals surface area (Å²) in [6.07, 6.45) is 0.0877. The Balaban J connectivity index is 1.62. The van der Waals surface area contributed by atoms with E-state index in [9.17, 15) is 9.18 Å². The standard InChI is InChI=1S/C21H23FN2O3/c22-17-7-5-16(6-8-17)20-19-4-2-1-3-15(19)9-11-24(20)21(25)27-18-13-23-10-12-26-14-18/h1-8,18,20,23H,9-14H2/t18-,20+/m1/s1. The van der Waals surface area contributed by atoms with Gasteiger partial charge in [-0.1, -0.05) is 36.4 Å². The zero-order chi connectivity index (χ0) is 18.6. The van der Waals surface area contributed by atoms with Gasteiger partial charge in [-0.15, -0.1) is 0 Å². The van der Waals surface area contributed by atoms with Crippen molar-refractivity contribution < 1.29 is 18.7 Å². The second kappa shape index (κ2) is 8.06. The molecule has 2 atom stereocenters. The molecular formula is C21H23FN2O3. The molecule has 1 N–H and O–H groups in total. The minimum Gasteiger partial charge on any atom is -0.442 e. The molecule has 2 heterocycles. The van der Waals surface area contributed by atoms with Crippen molar-refractivity contribution in [3.05, 3.63) is 71.0 Å². The number of hydrogen-bond donors (Lipinski definition) is 1. The lowest BCUT2D eigenvalue weighted by Crippen LogP contribution is -2.44. The molecule has 2 aliphatic heterocycles. The Morgan fingerprint density at radius 1 is 1.19 bits per heavy atom. The fourth-order valence-corrected chi connectivity index (χ4v) is 3.73. The lowest BCUT2D eigenvalue weighted by molar-refractivity contribution is 0.0147. The van der Waals surface area contributed by atoms with Gasteiger partial charge in [-0.05, 0) is 35.2 Å². The van der Waals surface area contributed by atoms with Crippen molar-refractivity contribution in [2.75, 3.05) is 32.8 Å². The summed E-state index contributed by atoms with van der Waals surface area (Å²) in [6, 6.07) is 14.1. The van der Waals surface area contributed by atoms with Crippen LogP contribution in [0.5, 0.6) is 0 Å². The number of nitrogens with zero attached hydrogens (tertiary/aromatic N) is 1. The highest BCUT2D eigenvalue weighted by Crippen LogP contribution is 2.35. The SMILES string of the molecule is O=C(O[C@@H]1CNCCOC1)N1CCc2ccccc2[C@@H]1c1ccc(F)cc1. The normalized spacial score (nSPS) is 22.6. The van der Waals surface area contributed by atoms with Crippen molar-refractivity contribution in [2.45, 2.75) is 18.6 Å².